The van der Waals surface area contributed by atoms with Gasteiger partial charge in [0.1, 0.15) is 34.8 Å². The van der Waals surface area contributed by atoms with Crippen LogP contribution >= 0.6 is 22.9 Å². The highest BCUT2D eigenvalue weighted by atomic mass is 35.5. The fourth-order valence-corrected chi connectivity index (χ4v) is 8.59. The Bertz CT molecular complexity index is 1910. The Morgan fingerprint density at radius 3 is 2.67 bits per heavy atom. The van der Waals surface area contributed by atoms with Gasteiger partial charge in [-0.05, 0) is 63.5 Å². The van der Waals surface area contributed by atoms with E-state index >= 15 is 4.39 Å². The predicted octanol–water partition coefficient (Wildman–Crippen LogP) is 5.94. The molecular weight excluding hydrogens is 618 g/mol. The minimum absolute atomic E-state index is 0.00356. The molecule has 9 nitrogen and oxygen atoms in total. The normalized spacial score (nSPS) is 20.0. The van der Waals surface area contributed by atoms with E-state index < -0.39 is 11.6 Å². The van der Waals surface area contributed by atoms with Crippen LogP contribution in [-0.4, -0.2) is 77.7 Å². The number of benzene rings is 2. The van der Waals surface area contributed by atoms with E-state index in [1.165, 1.54) is 12.1 Å². The summed E-state index contributed by atoms with van der Waals surface area (Å²) in [4.78, 5) is 16.1. The van der Waals surface area contributed by atoms with Gasteiger partial charge in [-0.2, -0.15) is 20.5 Å². The number of piperazine rings is 1. The van der Waals surface area contributed by atoms with Gasteiger partial charge in [0.15, 0.2) is 5.82 Å². The topological polar surface area (TPSA) is 118 Å². The fourth-order valence-electron chi connectivity index (χ4n) is 7.35. The van der Waals surface area contributed by atoms with Gasteiger partial charge in [0, 0.05) is 42.0 Å². The molecule has 2 aromatic carbocycles. The molecule has 3 aliphatic heterocycles. The molecule has 0 unspecified atom stereocenters. The number of anilines is 2. The number of nitrogen functional groups attached to an aromatic ring is 1. The molecule has 0 saturated carbocycles. The Morgan fingerprint density at radius 2 is 1.93 bits per heavy atom. The number of fused-ring (bicyclic) bond motifs is 3. The van der Waals surface area contributed by atoms with Crippen LogP contribution in [0.1, 0.15) is 37.7 Å². The zero-order chi connectivity index (χ0) is 31.5. The summed E-state index contributed by atoms with van der Waals surface area (Å²) in [6.45, 7) is 4.26. The quantitative estimate of drug-likeness (QED) is 0.271. The number of nitrogens with two attached hydrogens (primary N) is 1. The van der Waals surface area contributed by atoms with Crippen molar-refractivity contribution < 1.29 is 13.5 Å². The van der Waals surface area contributed by atoms with Crippen molar-refractivity contribution in [2.75, 3.05) is 57.0 Å². The zero-order valence-corrected chi connectivity index (χ0v) is 26.3. The van der Waals surface area contributed by atoms with Crippen LogP contribution in [-0.2, 0) is 0 Å². The van der Waals surface area contributed by atoms with Crippen molar-refractivity contribution >= 4 is 54.7 Å². The summed E-state index contributed by atoms with van der Waals surface area (Å²) in [6.07, 6.45) is 4.61. The van der Waals surface area contributed by atoms with Gasteiger partial charge in [-0.1, -0.05) is 17.7 Å². The van der Waals surface area contributed by atoms with Crippen LogP contribution in [0.3, 0.4) is 0 Å². The van der Waals surface area contributed by atoms with Crippen LogP contribution in [0.25, 0.3) is 32.1 Å². The fraction of sp³-hybridized carbons (Fsp3) is 0.438. The number of nitrogens with zero attached hydrogens (tertiary/aromatic N) is 7. The van der Waals surface area contributed by atoms with E-state index in [1.54, 1.807) is 6.07 Å². The highest BCUT2D eigenvalue weighted by Gasteiger charge is 2.45. The molecule has 0 spiro atoms. The Labute approximate surface area is 268 Å². The monoisotopic (exact) mass is 648 g/mol. The van der Waals surface area contributed by atoms with Crippen LogP contribution in [0, 0.1) is 34.3 Å². The molecule has 3 aliphatic rings. The van der Waals surface area contributed by atoms with E-state index in [-0.39, 0.29) is 59.9 Å². The molecular formula is C32H31ClF2N8OS. The first-order chi connectivity index (χ1) is 21.7. The van der Waals surface area contributed by atoms with Crippen LogP contribution in [0.2, 0.25) is 5.02 Å². The smallest absolute Gasteiger partial charge is 0.319 e. The van der Waals surface area contributed by atoms with Gasteiger partial charge in [-0.25, -0.2) is 8.78 Å². The summed E-state index contributed by atoms with van der Waals surface area (Å²) in [5.41, 5.74) is 6.33. The van der Waals surface area contributed by atoms with Gasteiger partial charge in [0.25, 0.3) is 0 Å². The average Bonchev–Trinajstić information content (AvgIpc) is 3.71. The highest BCUT2D eigenvalue weighted by molar-refractivity contribution is 7.23. The highest BCUT2D eigenvalue weighted by Crippen LogP contribution is 2.46. The van der Waals surface area contributed by atoms with Crippen LogP contribution < -0.4 is 15.4 Å². The number of ether oxygens (including phenoxy) is 1. The van der Waals surface area contributed by atoms with Crippen molar-refractivity contribution in [1.82, 2.24) is 19.8 Å². The maximum absolute atomic E-state index is 16.9. The third kappa shape index (κ3) is 4.92. The lowest BCUT2D eigenvalue weighted by Gasteiger charge is -2.39. The maximum Gasteiger partial charge on any atom is 0.319 e. The van der Waals surface area contributed by atoms with E-state index in [9.17, 15) is 14.9 Å². The molecule has 7 rings (SSSR count). The Hall–Kier alpha value is -3.81. The van der Waals surface area contributed by atoms with Crippen molar-refractivity contribution in [1.29, 1.82) is 10.5 Å². The Balaban J connectivity index is 1.39. The first kappa shape index (κ1) is 29.9. The van der Waals surface area contributed by atoms with Gasteiger partial charge in [-0.3, -0.25) is 9.80 Å². The number of aromatic nitrogens is 2. The van der Waals surface area contributed by atoms with E-state index in [2.05, 4.69) is 20.9 Å². The molecule has 13 heteroatoms. The van der Waals surface area contributed by atoms with Gasteiger partial charge in [-0.15, -0.1) is 11.3 Å². The molecule has 2 aromatic heterocycles. The third-order valence-electron chi connectivity index (χ3n) is 9.73. The molecule has 3 fully saturated rings. The average molecular weight is 649 g/mol. The summed E-state index contributed by atoms with van der Waals surface area (Å²) in [5, 5.41) is 20.1. The predicted molar refractivity (Wildman–Crippen MR) is 172 cm³/mol. The summed E-state index contributed by atoms with van der Waals surface area (Å²) in [5.74, 6) is -0.803. The Morgan fingerprint density at radius 1 is 1.16 bits per heavy atom. The molecule has 0 amide bonds. The summed E-state index contributed by atoms with van der Waals surface area (Å²) < 4.78 is 38.2. The maximum atomic E-state index is 16.9. The largest absolute Gasteiger partial charge is 0.461 e. The molecule has 2 N–H and O–H groups in total. The molecule has 232 valence electrons. The first-order valence-corrected chi connectivity index (χ1v) is 16.2. The number of hydrogen-bond donors (Lipinski definition) is 1. The standard InChI is InChI=1S/C32H31ClF2N8OS/c1-41-12-13-42(16-18(41)6-9-36)30-20-14-22(33)25(19-4-5-23(34)28-24(19)21(15-37)29(38)45-28)26(35)27(20)39-31(40-30)44-17-32-7-2-10-43(32)11-3-8-32/h4-5,14,18H,2-3,6-8,10-13,16-17,38H2,1H3/t18-/m0/s1. The second-order valence-corrected chi connectivity index (χ2v) is 13.6. The van der Waals surface area contributed by atoms with Gasteiger partial charge in [0.05, 0.1) is 33.3 Å². The number of hydrogen-bond acceptors (Lipinski definition) is 10. The van der Waals surface area contributed by atoms with Gasteiger partial charge in [0.2, 0.25) is 0 Å². The van der Waals surface area contributed by atoms with E-state index in [1.807, 2.05) is 18.0 Å². The number of thiophene rings is 1. The molecule has 0 bridgehead atoms. The van der Waals surface area contributed by atoms with Crippen LogP contribution in [0.15, 0.2) is 18.2 Å². The summed E-state index contributed by atoms with van der Waals surface area (Å²) in [6, 6.07) is 8.60. The van der Waals surface area contributed by atoms with Crippen molar-refractivity contribution in [3.8, 4) is 29.3 Å². The molecule has 5 heterocycles. The third-order valence-corrected chi connectivity index (χ3v) is 11.1. The summed E-state index contributed by atoms with van der Waals surface area (Å²) in [7, 11) is 1.99. The lowest BCUT2D eigenvalue weighted by atomic mass is 9.95. The lowest BCUT2D eigenvalue weighted by molar-refractivity contribution is 0.108. The zero-order valence-electron chi connectivity index (χ0n) is 24.7. The minimum atomic E-state index is -0.725. The van der Waals surface area contributed by atoms with Gasteiger partial charge < -0.3 is 15.4 Å². The van der Waals surface area contributed by atoms with Crippen molar-refractivity contribution in [3.63, 3.8) is 0 Å². The van der Waals surface area contributed by atoms with Gasteiger partial charge >= 0.3 is 6.01 Å². The number of likely N-dealkylation sites (N-methyl/N-ethyl adjacent to an activating group) is 1. The SMILES string of the molecule is CN1CCN(c2nc(OCC34CCCN3CCC4)nc3c(F)c(-c4ccc(F)c5sc(N)c(C#N)c45)c(Cl)cc23)C[C@@H]1CC#N. The molecule has 0 radical (unpaired) electrons. The summed E-state index contributed by atoms with van der Waals surface area (Å²) >= 11 is 7.78. The minimum Gasteiger partial charge on any atom is -0.461 e. The van der Waals surface area contributed by atoms with E-state index in [0.717, 1.165) is 50.1 Å². The van der Waals surface area contributed by atoms with E-state index in [0.29, 0.717) is 43.9 Å². The van der Waals surface area contributed by atoms with Crippen molar-refractivity contribution in [2.24, 2.45) is 0 Å². The molecule has 4 aromatic rings. The molecule has 0 aliphatic carbocycles. The number of rotatable bonds is 6. The molecule has 3 saturated heterocycles. The van der Waals surface area contributed by atoms with Crippen molar-refractivity contribution in [3.05, 3.63) is 40.4 Å². The van der Waals surface area contributed by atoms with Crippen molar-refractivity contribution in [2.45, 2.75) is 43.7 Å². The molecule has 1 atom stereocenters. The second kappa shape index (κ2) is 11.5. The number of halogens is 3. The second-order valence-electron chi connectivity index (χ2n) is 12.2. The Kier molecular flexibility index (Phi) is 7.65. The van der Waals surface area contributed by atoms with Crippen LogP contribution in [0.4, 0.5) is 19.6 Å². The lowest BCUT2D eigenvalue weighted by Crippen LogP contribution is -2.51. The van der Waals surface area contributed by atoms with Crippen LogP contribution in [0.5, 0.6) is 6.01 Å². The number of nitriles is 2. The first-order valence-electron chi connectivity index (χ1n) is 15.1. The molecule has 45 heavy (non-hydrogen) atoms. The van der Waals surface area contributed by atoms with E-state index in [4.69, 9.17) is 27.1 Å².